The molecule has 6 aliphatic rings. The van der Waals surface area contributed by atoms with Gasteiger partial charge in [0, 0.05) is 33.1 Å². The molecule has 44 heavy (non-hydrogen) atoms. The van der Waals surface area contributed by atoms with Gasteiger partial charge in [0.1, 0.15) is 24.4 Å². The number of carbonyl (C=O) groups is 5. The van der Waals surface area contributed by atoms with Crippen molar-refractivity contribution in [3.63, 3.8) is 0 Å². The predicted molar refractivity (Wildman–Crippen MR) is 154 cm³/mol. The van der Waals surface area contributed by atoms with E-state index in [0.717, 1.165) is 18.4 Å². The normalized spacial score (nSPS) is 44.3. The molecule has 0 N–H and O–H groups in total. The van der Waals surface area contributed by atoms with Crippen LogP contribution in [0.4, 0.5) is 0 Å². The first-order valence-corrected chi connectivity index (χ1v) is 15.9. The van der Waals surface area contributed by atoms with E-state index in [4.69, 9.17) is 23.7 Å². The van der Waals surface area contributed by atoms with Gasteiger partial charge in [0.2, 0.25) is 0 Å². The van der Waals surface area contributed by atoms with E-state index in [-0.39, 0.29) is 71.7 Å². The van der Waals surface area contributed by atoms with Crippen LogP contribution in [0.3, 0.4) is 0 Å². The van der Waals surface area contributed by atoms with Crippen molar-refractivity contribution in [2.24, 2.45) is 40.4 Å². The molecule has 2 aliphatic heterocycles. The Labute approximate surface area is 258 Å². The molecule has 6 unspecified atom stereocenters. The third-order valence-corrected chi connectivity index (χ3v) is 12.4. The van der Waals surface area contributed by atoms with Crippen LogP contribution in [-0.4, -0.2) is 66.3 Å². The summed E-state index contributed by atoms with van der Waals surface area (Å²) in [5.41, 5.74) is -0.741. The standard InChI is InChI=1S/C34H44O10/c1-16-12-25(43-31(39)22(16)15-40-18(3)35)17(2)24-14-26(41-19(4)36)30-21-13-29-34(44-29)28(42-20(5)37)9-8-27(38)33(34,7)23(21)10-11-32(24,30)6/h8-9,17,21,23-26,28-30H,10-15H2,1-7H3/t17-,21?,23?,24?,25?,26+,28+,29+,30?,32+,33-,34?/m0/s1. The number of cyclic esters (lactones) is 1. The summed E-state index contributed by atoms with van der Waals surface area (Å²) in [5, 5.41) is 0. The van der Waals surface area contributed by atoms with E-state index in [1.165, 1.54) is 20.8 Å². The van der Waals surface area contributed by atoms with Gasteiger partial charge in [0.05, 0.1) is 17.1 Å². The van der Waals surface area contributed by atoms with Crippen LogP contribution in [0.5, 0.6) is 0 Å². The number of carbonyl (C=O) groups excluding carboxylic acids is 5. The van der Waals surface area contributed by atoms with Crippen LogP contribution < -0.4 is 0 Å². The van der Waals surface area contributed by atoms with Gasteiger partial charge in [-0.3, -0.25) is 19.2 Å². The summed E-state index contributed by atoms with van der Waals surface area (Å²) in [6.45, 7) is 12.3. The second kappa shape index (κ2) is 10.5. The van der Waals surface area contributed by atoms with Crippen molar-refractivity contribution in [1.29, 1.82) is 0 Å². The Morgan fingerprint density at radius 2 is 1.75 bits per heavy atom. The largest absolute Gasteiger partial charge is 0.462 e. The molecule has 0 aromatic carbocycles. The number of esters is 4. The number of epoxide rings is 1. The van der Waals surface area contributed by atoms with Gasteiger partial charge in [0.25, 0.3) is 0 Å². The van der Waals surface area contributed by atoms with E-state index in [9.17, 15) is 24.0 Å². The first kappa shape index (κ1) is 31.0. The average Bonchev–Trinajstić information content (AvgIpc) is 3.59. The maximum atomic E-state index is 13.8. The fraction of sp³-hybridized carbons (Fsp3) is 0.735. The van der Waals surface area contributed by atoms with Gasteiger partial charge in [-0.1, -0.05) is 19.4 Å². The number of ether oxygens (including phenoxy) is 5. The van der Waals surface area contributed by atoms with Gasteiger partial charge < -0.3 is 23.7 Å². The van der Waals surface area contributed by atoms with E-state index in [1.54, 1.807) is 12.2 Å². The fourth-order valence-corrected chi connectivity index (χ4v) is 10.5. The zero-order chi connectivity index (χ0) is 31.9. The molecule has 0 amide bonds. The Balaban J connectivity index is 1.30. The van der Waals surface area contributed by atoms with Crippen molar-refractivity contribution in [2.75, 3.05) is 6.61 Å². The number of rotatable bonds is 6. The lowest BCUT2D eigenvalue weighted by atomic mass is 9.44. The highest BCUT2D eigenvalue weighted by atomic mass is 16.7. The smallest absolute Gasteiger partial charge is 0.337 e. The van der Waals surface area contributed by atoms with Crippen LogP contribution in [0.15, 0.2) is 23.3 Å². The molecule has 1 spiro atoms. The lowest BCUT2D eigenvalue weighted by molar-refractivity contribution is -0.172. The number of allylic oxidation sites excluding steroid dienone is 1. The SMILES string of the molecule is CC(=O)OCC1=C(C)CC([C@@H](C)C2C[C@@H](OC(C)=O)C3C4C[C@H]5OC56[C@H](OC(C)=O)C=CC(=O)[C@]6(C)C4CC[C@]23C)OC1=O. The quantitative estimate of drug-likeness (QED) is 0.246. The van der Waals surface area contributed by atoms with Crippen LogP contribution in [0, 0.1) is 40.4 Å². The average molecular weight is 613 g/mol. The van der Waals surface area contributed by atoms with Crippen LogP contribution in [0.25, 0.3) is 0 Å². The summed E-state index contributed by atoms with van der Waals surface area (Å²) in [4.78, 5) is 62.6. The minimum absolute atomic E-state index is 0.00501. The molecule has 12 atom stereocenters. The Morgan fingerprint density at radius 1 is 1.05 bits per heavy atom. The highest BCUT2D eigenvalue weighted by Crippen LogP contribution is 2.73. The summed E-state index contributed by atoms with van der Waals surface area (Å²) in [6.07, 6.45) is 5.12. The molecule has 240 valence electrons. The number of hydrogen-bond donors (Lipinski definition) is 0. The van der Waals surface area contributed by atoms with Crippen LogP contribution in [0.1, 0.15) is 80.6 Å². The van der Waals surface area contributed by atoms with Gasteiger partial charge in [-0.2, -0.15) is 0 Å². The molecule has 0 aromatic rings. The number of ketones is 1. The van der Waals surface area contributed by atoms with E-state index in [2.05, 4.69) is 13.8 Å². The van der Waals surface area contributed by atoms with Crippen molar-refractivity contribution in [1.82, 2.24) is 0 Å². The molecule has 2 heterocycles. The number of fused-ring (bicyclic) bond motifs is 4. The maximum Gasteiger partial charge on any atom is 0.337 e. The molecule has 10 nitrogen and oxygen atoms in total. The highest BCUT2D eigenvalue weighted by molar-refractivity contribution is 5.98. The Kier molecular flexibility index (Phi) is 7.42. The highest BCUT2D eigenvalue weighted by Gasteiger charge is 2.81. The van der Waals surface area contributed by atoms with E-state index >= 15 is 0 Å². The van der Waals surface area contributed by atoms with Crippen LogP contribution in [-0.2, 0) is 47.7 Å². The van der Waals surface area contributed by atoms with Gasteiger partial charge >= 0.3 is 23.9 Å². The molecule has 1 saturated heterocycles. The van der Waals surface area contributed by atoms with Gasteiger partial charge in [-0.05, 0) is 80.8 Å². The maximum absolute atomic E-state index is 13.8. The van der Waals surface area contributed by atoms with E-state index < -0.39 is 35.0 Å². The monoisotopic (exact) mass is 612 g/mol. The van der Waals surface area contributed by atoms with Crippen molar-refractivity contribution < 1.29 is 47.7 Å². The molecule has 0 radical (unpaired) electrons. The van der Waals surface area contributed by atoms with Crippen molar-refractivity contribution in [2.45, 2.75) is 111 Å². The Hall–Kier alpha value is -3.01. The summed E-state index contributed by atoms with van der Waals surface area (Å²) in [6, 6.07) is 0. The second-order valence-corrected chi connectivity index (χ2v) is 14.5. The number of hydrogen-bond acceptors (Lipinski definition) is 10. The Morgan fingerprint density at radius 3 is 2.39 bits per heavy atom. The fourth-order valence-electron chi connectivity index (χ4n) is 10.5. The predicted octanol–water partition coefficient (Wildman–Crippen LogP) is 4.04. The topological polar surface area (TPSA) is 135 Å². The molecule has 4 aliphatic carbocycles. The van der Waals surface area contributed by atoms with Crippen molar-refractivity contribution in [3.05, 3.63) is 23.3 Å². The molecule has 6 rings (SSSR count). The molecule has 10 heteroatoms. The molecule has 4 fully saturated rings. The molecule has 0 aromatic heterocycles. The third kappa shape index (κ3) is 4.41. The summed E-state index contributed by atoms with van der Waals surface area (Å²) in [5.74, 6) is -1.60. The minimum atomic E-state index is -0.875. The minimum Gasteiger partial charge on any atom is -0.462 e. The lowest BCUT2D eigenvalue weighted by Crippen LogP contribution is -2.64. The van der Waals surface area contributed by atoms with Gasteiger partial charge in [-0.15, -0.1) is 0 Å². The van der Waals surface area contributed by atoms with Crippen LogP contribution >= 0.6 is 0 Å². The van der Waals surface area contributed by atoms with E-state index in [0.29, 0.717) is 24.8 Å². The van der Waals surface area contributed by atoms with Gasteiger partial charge in [-0.25, -0.2) is 4.79 Å². The first-order chi connectivity index (χ1) is 20.6. The van der Waals surface area contributed by atoms with Crippen LogP contribution in [0.2, 0.25) is 0 Å². The first-order valence-electron chi connectivity index (χ1n) is 15.9. The zero-order valence-corrected chi connectivity index (χ0v) is 26.7. The third-order valence-electron chi connectivity index (χ3n) is 12.4. The summed E-state index contributed by atoms with van der Waals surface area (Å²) >= 11 is 0. The molecular formula is C34H44O10. The molecule has 0 bridgehead atoms. The van der Waals surface area contributed by atoms with Crippen molar-refractivity contribution in [3.8, 4) is 0 Å². The molecule has 3 saturated carbocycles. The second-order valence-electron chi connectivity index (χ2n) is 14.5. The van der Waals surface area contributed by atoms with Gasteiger partial charge in [0.15, 0.2) is 11.9 Å². The zero-order valence-electron chi connectivity index (χ0n) is 26.7. The lowest BCUT2D eigenvalue weighted by Gasteiger charge is -2.58. The van der Waals surface area contributed by atoms with E-state index in [1.807, 2.05) is 13.8 Å². The molecular weight excluding hydrogens is 568 g/mol. The van der Waals surface area contributed by atoms with Crippen molar-refractivity contribution >= 4 is 29.7 Å². The summed E-state index contributed by atoms with van der Waals surface area (Å²) < 4.78 is 29.3. The Bertz CT molecular complexity index is 1360. The summed E-state index contributed by atoms with van der Waals surface area (Å²) in [7, 11) is 0.